The first-order chi connectivity index (χ1) is 9.69. The maximum atomic E-state index is 5.74. The fraction of sp³-hybridized carbons (Fsp3) is 1.00. The molecule has 0 amide bonds. The normalized spacial score (nSPS) is 34.4. The van der Waals surface area contributed by atoms with Gasteiger partial charge in [-0.1, -0.05) is 0 Å². The van der Waals surface area contributed by atoms with Crippen molar-refractivity contribution in [3.63, 3.8) is 0 Å². The SMILES string of the molecule is COOCC1OC(C)C(OOC)C(OOC)C1OOC. The van der Waals surface area contributed by atoms with E-state index in [1.54, 1.807) is 6.92 Å². The standard InChI is InChI=1S/C11H22O9/c1-7-9(18-13-3)11(20-15-5)10(19-14-4)8(17-7)6-16-12-2/h7-11H,6H2,1-5H3. The predicted octanol–water partition coefficient (Wildman–Crippen LogP) is 0.192. The molecule has 0 saturated carbocycles. The van der Waals surface area contributed by atoms with Crippen LogP contribution in [0.15, 0.2) is 0 Å². The third-order valence-corrected chi connectivity index (χ3v) is 2.84. The summed E-state index contributed by atoms with van der Waals surface area (Å²) < 4.78 is 5.74. The van der Waals surface area contributed by atoms with Crippen LogP contribution in [-0.2, 0) is 43.8 Å². The van der Waals surface area contributed by atoms with Gasteiger partial charge in [0.2, 0.25) is 0 Å². The van der Waals surface area contributed by atoms with E-state index in [9.17, 15) is 0 Å². The molecular weight excluding hydrogens is 276 g/mol. The van der Waals surface area contributed by atoms with Gasteiger partial charge in [0, 0.05) is 0 Å². The summed E-state index contributed by atoms with van der Waals surface area (Å²) in [4.78, 5) is 39.2. The summed E-state index contributed by atoms with van der Waals surface area (Å²) in [6, 6.07) is 0. The van der Waals surface area contributed by atoms with Crippen molar-refractivity contribution in [2.45, 2.75) is 37.4 Å². The molecule has 0 aromatic heterocycles. The molecule has 9 nitrogen and oxygen atoms in total. The molecule has 20 heavy (non-hydrogen) atoms. The summed E-state index contributed by atoms with van der Waals surface area (Å²) in [7, 11) is 5.55. The minimum atomic E-state index is -0.661. The van der Waals surface area contributed by atoms with Crippen LogP contribution < -0.4 is 0 Å². The van der Waals surface area contributed by atoms with Gasteiger partial charge in [-0.2, -0.15) is 0 Å². The van der Waals surface area contributed by atoms with Crippen molar-refractivity contribution in [1.29, 1.82) is 0 Å². The highest BCUT2D eigenvalue weighted by Gasteiger charge is 2.49. The quantitative estimate of drug-likeness (QED) is 0.437. The Kier molecular flexibility index (Phi) is 8.45. The molecule has 1 rings (SSSR count). The zero-order chi connectivity index (χ0) is 15.0. The van der Waals surface area contributed by atoms with Gasteiger partial charge in [0.15, 0.2) is 18.3 Å². The maximum absolute atomic E-state index is 5.74. The summed E-state index contributed by atoms with van der Waals surface area (Å²) >= 11 is 0. The van der Waals surface area contributed by atoms with E-state index in [1.807, 2.05) is 0 Å². The highest BCUT2D eigenvalue weighted by Crippen LogP contribution is 2.28. The van der Waals surface area contributed by atoms with E-state index in [2.05, 4.69) is 4.89 Å². The van der Waals surface area contributed by atoms with Crippen molar-refractivity contribution in [2.24, 2.45) is 0 Å². The minimum Gasteiger partial charge on any atom is -0.367 e. The topological polar surface area (TPSA) is 83.1 Å². The summed E-state index contributed by atoms with van der Waals surface area (Å²) in [5, 5.41) is 0. The second kappa shape index (κ2) is 9.55. The Labute approximate surface area is 117 Å². The molecule has 0 N–H and O–H groups in total. The molecule has 1 saturated heterocycles. The molecule has 1 fully saturated rings. The molecule has 1 aliphatic heterocycles. The van der Waals surface area contributed by atoms with Crippen molar-refractivity contribution in [3.8, 4) is 0 Å². The van der Waals surface area contributed by atoms with Gasteiger partial charge in [-0.3, -0.25) is 0 Å². The monoisotopic (exact) mass is 298 g/mol. The van der Waals surface area contributed by atoms with Crippen LogP contribution in [-0.4, -0.2) is 65.6 Å². The Bertz CT molecular complexity index is 252. The lowest BCUT2D eigenvalue weighted by Crippen LogP contribution is -2.60. The van der Waals surface area contributed by atoms with E-state index >= 15 is 0 Å². The fourth-order valence-corrected chi connectivity index (χ4v) is 2.06. The summed E-state index contributed by atoms with van der Waals surface area (Å²) in [5.41, 5.74) is 0. The van der Waals surface area contributed by atoms with Gasteiger partial charge < -0.3 is 4.74 Å². The van der Waals surface area contributed by atoms with Gasteiger partial charge in [0.25, 0.3) is 0 Å². The van der Waals surface area contributed by atoms with E-state index in [1.165, 1.54) is 28.4 Å². The van der Waals surface area contributed by atoms with Gasteiger partial charge in [-0.15, -0.1) is 0 Å². The molecule has 0 spiro atoms. The molecule has 9 heteroatoms. The van der Waals surface area contributed by atoms with E-state index in [4.69, 9.17) is 38.9 Å². The highest BCUT2D eigenvalue weighted by atomic mass is 17.2. The zero-order valence-corrected chi connectivity index (χ0v) is 12.3. The largest absolute Gasteiger partial charge is 0.367 e. The zero-order valence-electron chi connectivity index (χ0n) is 12.3. The Morgan fingerprint density at radius 2 is 1.30 bits per heavy atom. The Hall–Kier alpha value is -0.360. The van der Waals surface area contributed by atoms with Crippen LogP contribution >= 0.6 is 0 Å². The van der Waals surface area contributed by atoms with Crippen LogP contribution in [0, 0.1) is 0 Å². The predicted molar refractivity (Wildman–Crippen MR) is 62.9 cm³/mol. The van der Waals surface area contributed by atoms with Crippen LogP contribution in [0.3, 0.4) is 0 Å². The first kappa shape index (κ1) is 17.7. The van der Waals surface area contributed by atoms with Crippen LogP contribution in [0.25, 0.3) is 0 Å². The molecule has 1 aliphatic rings. The molecule has 0 aromatic rings. The third kappa shape index (κ3) is 4.58. The van der Waals surface area contributed by atoms with Crippen molar-refractivity contribution in [3.05, 3.63) is 0 Å². The Morgan fingerprint density at radius 1 is 0.750 bits per heavy atom. The smallest absolute Gasteiger partial charge is 0.157 e. The van der Waals surface area contributed by atoms with E-state index < -0.39 is 24.4 Å². The van der Waals surface area contributed by atoms with Crippen LogP contribution in [0.1, 0.15) is 6.92 Å². The lowest BCUT2D eigenvalue weighted by atomic mass is 9.96. The lowest BCUT2D eigenvalue weighted by Gasteiger charge is -2.42. The summed E-state index contributed by atoms with van der Waals surface area (Å²) in [6.07, 6.45) is -2.72. The lowest BCUT2D eigenvalue weighted by molar-refractivity contribution is -0.453. The molecule has 5 atom stereocenters. The van der Waals surface area contributed by atoms with Gasteiger partial charge >= 0.3 is 0 Å². The van der Waals surface area contributed by atoms with Crippen LogP contribution in [0.2, 0.25) is 0 Å². The molecule has 5 unspecified atom stereocenters. The number of hydrogen-bond donors (Lipinski definition) is 0. The van der Waals surface area contributed by atoms with Crippen molar-refractivity contribution in [1.82, 2.24) is 0 Å². The third-order valence-electron chi connectivity index (χ3n) is 2.84. The first-order valence-electron chi connectivity index (χ1n) is 6.09. The molecule has 0 bridgehead atoms. The second-order valence-corrected chi connectivity index (χ2v) is 4.01. The van der Waals surface area contributed by atoms with Gasteiger partial charge in [0.05, 0.1) is 34.5 Å². The molecule has 0 aromatic carbocycles. The fourth-order valence-electron chi connectivity index (χ4n) is 2.06. The first-order valence-corrected chi connectivity index (χ1v) is 6.09. The van der Waals surface area contributed by atoms with E-state index in [-0.39, 0.29) is 12.7 Å². The van der Waals surface area contributed by atoms with Gasteiger partial charge in [-0.25, -0.2) is 39.1 Å². The number of rotatable bonds is 9. The molecule has 0 radical (unpaired) electrons. The van der Waals surface area contributed by atoms with Crippen molar-refractivity contribution in [2.75, 3.05) is 35.0 Å². The summed E-state index contributed by atoms with van der Waals surface area (Å²) in [6.45, 7) is 1.93. The van der Waals surface area contributed by atoms with Crippen molar-refractivity contribution >= 4 is 0 Å². The number of ether oxygens (including phenoxy) is 1. The summed E-state index contributed by atoms with van der Waals surface area (Å²) in [5.74, 6) is 0. The molecular formula is C11H22O9. The average Bonchev–Trinajstić information content (AvgIpc) is 2.44. The van der Waals surface area contributed by atoms with E-state index in [0.717, 1.165) is 0 Å². The van der Waals surface area contributed by atoms with E-state index in [0.29, 0.717) is 0 Å². The highest BCUT2D eigenvalue weighted by molar-refractivity contribution is 4.92. The van der Waals surface area contributed by atoms with Crippen LogP contribution in [0.5, 0.6) is 0 Å². The van der Waals surface area contributed by atoms with Gasteiger partial charge in [-0.05, 0) is 6.92 Å². The maximum Gasteiger partial charge on any atom is 0.157 e. The molecule has 120 valence electrons. The second-order valence-electron chi connectivity index (χ2n) is 4.01. The minimum absolute atomic E-state index is 0.123. The molecule has 1 heterocycles. The molecule has 0 aliphatic carbocycles. The van der Waals surface area contributed by atoms with Crippen LogP contribution in [0.4, 0.5) is 0 Å². The Morgan fingerprint density at radius 3 is 1.85 bits per heavy atom. The Balaban J connectivity index is 2.83. The average molecular weight is 298 g/mol. The van der Waals surface area contributed by atoms with Crippen molar-refractivity contribution < 1.29 is 43.8 Å². The van der Waals surface area contributed by atoms with Gasteiger partial charge in [0.1, 0.15) is 12.7 Å². The number of hydrogen-bond acceptors (Lipinski definition) is 9.